The van der Waals surface area contributed by atoms with Crippen LogP contribution in [0.25, 0.3) is 0 Å². The van der Waals surface area contributed by atoms with E-state index in [1.165, 1.54) is 12.2 Å². The quantitative estimate of drug-likeness (QED) is 0.673. The van der Waals surface area contributed by atoms with E-state index in [0.29, 0.717) is 12.1 Å². The molecule has 98 valence electrons. The highest BCUT2D eigenvalue weighted by Gasteiger charge is 2.09. The minimum atomic E-state index is 0.620. The molecule has 1 N–H and O–H groups in total. The Balaban J connectivity index is 3.59. The molecule has 0 bridgehead atoms. The standard InChI is InChI=1S/C13H30N2S/c1-11(2)13(4)14-8-9-15(5)12(3)7-10-16-6/h11-14H,7-10H2,1-6H3. The van der Waals surface area contributed by atoms with E-state index in [9.17, 15) is 0 Å². The van der Waals surface area contributed by atoms with E-state index >= 15 is 0 Å². The average Bonchev–Trinajstić information content (AvgIpc) is 2.25. The smallest absolute Gasteiger partial charge is 0.0107 e. The van der Waals surface area contributed by atoms with Crippen molar-refractivity contribution in [1.29, 1.82) is 0 Å². The van der Waals surface area contributed by atoms with Crippen LogP contribution in [0.3, 0.4) is 0 Å². The summed E-state index contributed by atoms with van der Waals surface area (Å²) < 4.78 is 0. The van der Waals surface area contributed by atoms with Crippen LogP contribution in [0.2, 0.25) is 0 Å². The SMILES string of the molecule is CSCCC(C)N(C)CCNC(C)C(C)C. The summed E-state index contributed by atoms with van der Waals surface area (Å²) in [5.74, 6) is 1.99. The van der Waals surface area contributed by atoms with Gasteiger partial charge in [0.25, 0.3) is 0 Å². The van der Waals surface area contributed by atoms with Gasteiger partial charge in [-0.25, -0.2) is 0 Å². The zero-order valence-corrected chi connectivity index (χ0v) is 12.7. The van der Waals surface area contributed by atoms with Crippen molar-refractivity contribution in [2.75, 3.05) is 32.1 Å². The van der Waals surface area contributed by atoms with E-state index in [1.807, 2.05) is 11.8 Å². The Morgan fingerprint density at radius 2 is 1.81 bits per heavy atom. The third kappa shape index (κ3) is 7.53. The number of nitrogens with one attached hydrogen (secondary N) is 1. The highest BCUT2D eigenvalue weighted by molar-refractivity contribution is 7.98. The van der Waals surface area contributed by atoms with Crippen molar-refractivity contribution in [3.05, 3.63) is 0 Å². The van der Waals surface area contributed by atoms with E-state index in [1.54, 1.807) is 0 Å². The highest BCUT2D eigenvalue weighted by atomic mass is 32.2. The number of thioether (sulfide) groups is 1. The van der Waals surface area contributed by atoms with Crippen molar-refractivity contribution in [2.24, 2.45) is 5.92 Å². The van der Waals surface area contributed by atoms with Crippen molar-refractivity contribution in [3.63, 3.8) is 0 Å². The molecule has 0 aliphatic carbocycles. The number of hydrogen-bond acceptors (Lipinski definition) is 3. The Morgan fingerprint density at radius 3 is 2.31 bits per heavy atom. The van der Waals surface area contributed by atoms with Gasteiger partial charge in [0.15, 0.2) is 0 Å². The van der Waals surface area contributed by atoms with Crippen molar-refractivity contribution in [1.82, 2.24) is 10.2 Å². The third-order valence-corrected chi connectivity index (χ3v) is 4.07. The van der Waals surface area contributed by atoms with Gasteiger partial charge < -0.3 is 10.2 Å². The molecule has 0 aromatic rings. The Hall–Kier alpha value is 0.270. The highest BCUT2D eigenvalue weighted by Crippen LogP contribution is 2.05. The monoisotopic (exact) mass is 246 g/mol. The molecule has 3 heteroatoms. The van der Waals surface area contributed by atoms with Gasteiger partial charge in [-0.05, 0) is 45.2 Å². The van der Waals surface area contributed by atoms with Gasteiger partial charge in [-0.15, -0.1) is 0 Å². The average molecular weight is 246 g/mol. The van der Waals surface area contributed by atoms with E-state index in [0.717, 1.165) is 19.0 Å². The van der Waals surface area contributed by atoms with Crippen molar-refractivity contribution < 1.29 is 0 Å². The minimum absolute atomic E-state index is 0.620. The summed E-state index contributed by atoms with van der Waals surface area (Å²) in [5, 5.41) is 3.58. The molecule has 0 aliphatic heterocycles. The van der Waals surface area contributed by atoms with E-state index < -0.39 is 0 Å². The van der Waals surface area contributed by atoms with Gasteiger partial charge in [-0.3, -0.25) is 0 Å². The molecule has 2 nitrogen and oxygen atoms in total. The maximum absolute atomic E-state index is 3.58. The van der Waals surface area contributed by atoms with Crippen molar-refractivity contribution in [2.45, 2.75) is 46.2 Å². The number of hydrogen-bond donors (Lipinski definition) is 1. The van der Waals surface area contributed by atoms with Gasteiger partial charge in [0.1, 0.15) is 0 Å². The fourth-order valence-corrected chi connectivity index (χ4v) is 2.01. The molecule has 2 atom stereocenters. The zero-order chi connectivity index (χ0) is 12.6. The van der Waals surface area contributed by atoms with Crippen molar-refractivity contribution >= 4 is 11.8 Å². The molecule has 0 saturated carbocycles. The largest absolute Gasteiger partial charge is 0.313 e. The predicted molar refractivity (Wildman–Crippen MR) is 77.4 cm³/mol. The Morgan fingerprint density at radius 1 is 1.19 bits per heavy atom. The molecule has 0 aliphatic rings. The zero-order valence-electron chi connectivity index (χ0n) is 11.9. The van der Waals surface area contributed by atoms with Gasteiger partial charge in [0, 0.05) is 25.2 Å². The maximum Gasteiger partial charge on any atom is 0.0107 e. The summed E-state index contributed by atoms with van der Waals surface area (Å²) in [6, 6.07) is 1.32. The van der Waals surface area contributed by atoms with Crippen LogP contribution < -0.4 is 5.32 Å². The lowest BCUT2D eigenvalue weighted by Gasteiger charge is -2.26. The predicted octanol–water partition coefficient (Wildman–Crippen LogP) is 2.69. The first-order chi connectivity index (χ1) is 7.49. The summed E-state index contributed by atoms with van der Waals surface area (Å²) in [7, 11) is 2.23. The Labute approximate surface area is 107 Å². The van der Waals surface area contributed by atoms with Gasteiger partial charge >= 0.3 is 0 Å². The van der Waals surface area contributed by atoms with Crippen LogP contribution in [0.5, 0.6) is 0 Å². The van der Waals surface area contributed by atoms with Crippen LogP contribution in [0, 0.1) is 5.92 Å². The second kappa shape index (κ2) is 9.32. The summed E-state index contributed by atoms with van der Waals surface area (Å²) >= 11 is 1.94. The summed E-state index contributed by atoms with van der Waals surface area (Å²) in [4.78, 5) is 2.45. The Bertz CT molecular complexity index is 162. The molecular weight excluding hydrogens is 216 g/mol. The van der Waals surface area contributed by atoms with E-state index in [2.05, 4.69) is 51.2 Å². The fraction of sp³-hybridized carbons (Fsp3) is 1.00. The summed E-state index contributed by atoms with van der Waals surface area (Å²) in [6.45, 7) is 11.4. The van der Waals surface area contributed by atoms with Gasteiger partial charge in [-0.1, -0.05) is 13.8 Å². The fourth-order valence-electron chi connectivity index (χ4n) is 1.43. The molecule has 0 radical (unpaired) electrons. The van der Waals surface area contributed by atoms with E-state index in [4.69, 9.17) is 0 Å². The number of nitrogens with zero attached hydrogens (tertiary/aromatic N) is 1. The van der Waals surface area contributed by atoms with E-state index in [-0.39, 0.29) is 0 Å². The summed E-state index contributed by atoms with van der Waals surface area (Å²) in [6.07, 6.45) is 3.47. The molecular formula is C13H30N2S. The second-order valence-electron chi connectivity index (χ2n) is 5.10. The number of rotatable bonds is 9. The molecule has 16 heavy (non-hydrogen) atoms. The molecule has 0 saturated heterocycles. The van der Waals surface area contributed by atoms with Gasteiger partial charge in [-0.2, -0.15) is 11.8 Å². The first-order valence-electron chi connectivity index (χ1n) is 6.41. The molecule has 0 amide bonds. The lowest BCUT2D eigenvalue weighted by molar-refractivity contribution is 0.246. The van der Waals surface area contributed by atoms with Crippen LogP contribution in [0.1, 0.15) is 34.1 Å². The van der Waals surface area contributed by atoms with Gasteiger partial charge in [0.2, 0.25) is 0 Å². The molecule has 0 heterocycles. The minimum Gasteiger partial charge on any atom is -0.313 e. The summed E-state index contributed by atoms with van der Waals surface area (Å²) in [5.41, 5.74) is 0. The topological polar surface area (TPSA) is 15.3 Å². The molecule has 0 fully saturated rings. The molecule has 0 rings (SSSR count). The van der Waals surface area contributed by atoms with Crippen LogP contribution in [-0.2, 0) is 0 Å². The molecule has 0 aromatic heterocycles. The van der Waals surface area contributed by atoms with Crippen molar-refractivity contribution in [3.8, 4) is 0 Å². The van der Waals surface area contributed by atoms with Crippen LogP contribution in [0.4, 0.5) is 0 Å². The second-order valence-corrected chi connectivity index (χ2v) is 6.08. The lowest BCUT2D eigenvalue weighted by atomic mass is 10.1. The normalized spacial score (nSPS) is 15.8. The maximum atomic E-state index is 3.58. The third-order valence-electron chi connectivity index (χ3n) is 3.42. The lowest BCUT2D eigenvalue weighted by Crippen LogP contribution is -2.39. The van der Waals surface area contributed by atoms with Crippen LogP contribution >= 0.6 is 11.8 Å². The van der Waals surface area contributed by atoms with Gasteiger partial charge in [0.05, 0.1) is 0 Å². The van der Waals surface area contributed by atoms with Crippen LogP contribution in [-0.4, -0.2) is 49.1 Å². The first kappa shape index (κ1) is 16.3. The van der Waals surface area contributed by atoms with Crippen LogP contribution in [0.15, 0.2) is 0 Å². The number of likely N-dealkylation sites (N-methyl/N-ethyl adjacent to an activating group) is 1. The molecule has 2 unspecified atom stereocenters. The first-order valence-corrected chi connectivity index (χ1v) is 7.81. The Kier molecular flexibility index (Phi) is 9.47. The molecule has 0 aromatic carbocycles. The molecule has 0 spiro atoms.